The molecule has 4 nitrogen and oxygen atoms in total. The number of hydrogen-bond donors (Lipinski definition) is 1. The van der Waals surface area contributed by atoms with Gasteiger partial charge in [0.25, 0.3) is 0 Å². The van der Waals surface area contributed by atoms with Crippen LogP contribution in [0.1, 0.15) is 19.8 Å². The van der Waals surface area contributed by atoms with Gasteiger partial charge in [-0.15, -0.1) is 0 Å². The molecule has 0 aliphatic heterocycles. The van der Waals surface area contributed by atoms with Crippen LogP contribution in [0.25, 0.3) is 0 Å². The predicted octanol–water partition coefficient (Wildman–Crippen LogP) is 0.971. The molecule has 0 aromatic rings. The summed E-state index contributed by atoms with van der Waals surface area (Å²) in [6.45, 7) is 8.26. The minimum Gasteiger partial charge on any atom is -0.380 e. The molecule has 98 valence electrons. The van der Waals surface area contributed by atoms with Crippen molar-refractivity contribution in [3.63, 3.8) is 0 Å². The number of nitrogens with one attached hydrogen (secondary N) is 1. The lowest BCUT2D eigenvalue weighted by molar-refractivity contribution is 0.111. The first-order chi connectivity index (χ1) is 7.77. The van der Waals surface area contributed by atoms with Crippen LogP contribution in [0.2, 0.25) is 0 Å². The van der Waals surface area contributed by atoms with E-state index >= 15 is 0 Å². The van der Waals surface area contributed by atoms with Crippen molar-refractivity contribution in [2.75, 3.05) is 60.2 Å². The molecule has 0 aliphatic carbocycles. The van der Waals surface area contributed by atoms with Crippen LogP contribution in [-0.2, 0) is 9.47 Å². The average molecular weight is 232 g/mol. The Morgan fingerprint density at radius 1 is 0.938 bits per heavy atom. The van der Waals surface area contributed by atoms with Crippen molar-refractivity contribution in [2.45, 2.75) is 19.8 Å². The van der Waals surface area contributed by atoms with Gasteiger partial charge in [0.2, 0.25) is 0 Å². The summed E-state index contributed by atoms with van der Waals surface area (Å²) < 4.78 is 10.9. The minimum atomic E-state index is 0.781. The van der Waals surface area contributed by atoms with Gasteiger partial charge in [0.1, 0.15) is 0 Å². The normalized spacial score (nSPS) is 11.2. The third kappa shape index (κ3) is 13.8. The van der Waals surface area contributed by atoms with E-state index < -0.39 is 0 Å². The van der Waals surface area contributed by atoms with E-state index in [1.54, 1.807) is 0 Å². The molecule has 0 bridgehead atoms. The first kappa shape index (κ1) is 15.8. The van der Waals surface area contributed by atoms with Gasteiger partial charge in [-0.2, -0.15) is 0 Å². The van der Waals surface area contributed by atoms with Gasteiger partial charge < -0.3 is 19.7 Å². The standard InChI is InChI=1S/C12H28N2O2/c1-4-5-9-15-10-6-13-7-11-16-12-8-14(2)3/h13H,4-12H2,1-3H3. The Bertz CT molecular complexity index is 132. The summed E-state index contributed by atoms with van der Waals surface area (Å²) in [6, 6.07) is 0. The monoisotopic (exact) mass is 232 g/mol. The molecule has 0 unspecified atom stereocenters. The maximum absolute atomic E-state index is 5.44. The van der Waals surface area contributed by atoms with Gasteiger partial charge in [-0.05, 0) is 20.5 Å². The molecule has 0 saturated carbocycles. The highest BCUT2D eigenvalue weighted by Gasteiger charge is 1.91. The molecular formula is C12H28N2O2. The molecule has 0 aromatic carbocycles. The van der Waals surface area contributed by atoms with E-state index in [9.17, 15) is 0 Å². The summed E-state index contributed by atoms with van der Waals surface area (Å²) in [5.74, 6) is 0. The van der Waals surface area contributed by atoms with Crippen molar-refractivity contribution in [2.24, 2.45) is 0 Å². The highest BCUT2D eigenvalue weighted by molar-refractivity contribution is 4.46. The average Bonchev–Trinajstić information content (AvgIpc) is 2.25. The van der Waals surface area contributed by atoms with E-state index in [-0.39, 0.29) is 0 Å². The number of nitrogens with zero attached hydrogens (tertiary/aromatic N) is 1. The van der Waals surface area contributed by atoms with Gasteiger partial charge in [0.05, 0.1) is 19.8 Å². The van der Waals surface area contributed by atoms with E-state index in [0.29, 0.717) is 0 Å². The Hall–Kier alpha value is -0.160. The molecule has 0 fully saturated rings. The van der Waals surface area contributed by atoms with Gasteiger partial charge in [-0.1, -0.05) is 13.3 Å². The van der Waals surface area contributed by atoms with Gasteiger partial charge in [0, 0.05) is 26.2 Å². The van der Waals surface area contributed by atoms with Gasteiger partial charge in [0.15, 0.2) is 0 Å². The minimum absolute atomic E-state index is 0.781. The fourth-order valence-corrected chi connectivity index (χ4v) is 1.11. The fourth-order valence-electron chi connectivity index (χ4n) is 1.11. The molecule has 0 saturated heterocycles. The van der Waals surface area contributed by atoms with Crippen molar-refractivity contribution >= 4 is 0 Å². The Balaban J connectivity index is 2.88. The molecule has 0 amide bonds. The number of hydrogen-bond acceptors (Lipinski definition) is 4. The lowest BCUT2D eigenvalue weighted by Gasteiger charge is -2.10. The molecular weight excluding hydrogens is 204 g/mol. The largest absolute Gasteiger partial charge is 0.380 e. The topological polar surface area (TPSA) is 33.7 Å². The molecule has 0 aliphatic rings. The van der Waals surface area contributed by atoms with Gasteiger partial charge in [-0.3, -0.25) is 0 Å². The lowest BCUT2D eigenvalue weighted by Crippen LogP contribution is -2.25. The second-order valence-electron chi connectivity index (χ2n) is 4.13. The zero-order chi connectivity index (χ0) is 12.1. The third-order valence-corrected chi connectivity index (χ3v) is 2.17. The zero-order valence-electron chi connectivity index (χ0n) is 11.1. The summed E-state index contributed by atoms with van der Waals surface area (Å²) in [5.41, 5.74) is 0. The van der Waals surface area contributed by atoms with Crippen molar-refractivity contribution in [1.82, 2.24) is 10.2 Å². The van der Waals surface area contributed by atoms with E-state index in [4.69, 9.17) is 9.47 Å². The summed E-state index contributed by atoms with van der Waals surface area (Å²) >= 11 is 0. The van der Waals surface area contributed by atoms with Crippen LogP contribution in [0.5, 0.6) is 0 Å². The van der Waals surface area contributed by atoms with Crippen molar-refractivity contribution in [1.29, 1.82) is 0 Å². The van der Waals surface area contributed by atoms with Crippen LogP contribution in [0, 0.1) is 0 Å². The molecule has 1 N–H and O–H groups in total. The fraction of sp³-hybridized carbons (Fsp3) is 1.00. The molecule has 0 rings (SSSR count). The number of likely N-dealkylation sites (N-methyl/N-ethyl adjacent to an activating group) is 1. The van der Waals surface area contributed by atoms with E-state index in [0.717, 1.165) is 52.5 Å². The molecule has 4 heteroatoms. The molecule has 0 radical (unpaired) electrons. The molecule has 0 heterocycles. The first-order valence-electron chi connectivity index (χ1n) is 6.28. The third-order valence-electron chi connectivity index (χ3n) is 2.17. The van der Waals surface area contributed by atoms with E-state index in [1.807, 2.05) is 0 Å². The van der Waals surface area contributed by atoms with E-state index in [2.05, 4.69) is 31.2 Å². The van der Waals surface area contributed by atoms with Crippen LogP contribution in [-0.4, -0.2) is 65.1 Å². The SMILES string of the molecule is CCCCOCCNCCOCCN(C)C. The van der Waals surface area contributed by atoms with Crippen LogP contribution in [0.15, 0.2) is 0 Å². The van der Waals surface area contributed by atoms with Crippen LogP contribution < -0.4 is 5.32 Å². The van der Waals surface area contributed by atoms with Gasteiger partial charge in [-0.25, -0.2) is 0 Å². The first-order valence-corrected chi connectivity index (χ1v) is 6.28. The Morgan fingerprint density at radius 3 is 2.12 bits per heavy atom. The van der Waals surface area contributed by atoms with Crippen LogP contribution >= 0.6 is 0 Å². The smallest absolute Gasteiger partial charge is 0.0593 e. The summed E-state index contributed by atoms with van der Waals surface area (Å²) in [7, 11) is 4.10. The molecule has 16 heavy (non-hydrogen) atoms. The molecule has 0 spiro atoms. The van der Waals surface area contributed by atoms with Gasteiger partial charge >= 0.3 is 0 Å². The number of unbranched alkanes of at least 4 members (excludes halogenated alkanes) is 1. The molecule has 0 aromatic heterocycles. The molecule has 0 atom stereocenters. The summed E-state index contributed by atoms with van der Waals surface area (Å²) in [5, 5.41) is 3.29. The maximum Gasteiger partial charge on any atom is 0.0593 e. The summed E-state index contributed by atoms with van der Waals surface area (Å²) in [4.78, 5) is 2.12. The lowest BCUT2D eigenvalue weighted by atomic mass is 10.4. The Morgan fingerprint density at radius 2 is 1.56 bits per heavy atom. The number of rotatable bonds is 12. The van der Waals surface area contributed by atoms with Crippen molar-refractivity contribution in [3.8, 4) is 0 Å². The van der Waals surface area contributed by atoms with Crippen molar-refractivity contribution < 1.29 is 9.47 Å². The second kappa shape index (κ2) is 12.9. The summed E-state index contributed by atoms with van der Waals surface area (Å²) in [6.07, 6.45) is 2.36. The second-order valence-corrected chi connectivity index (χ2v) is 4.13. The number of ether oxygens (including phenoxy) is 2. The van der Waals surface area contributed by atoms with Crippen molar-refractivity contribution in [3.05, 3.63) is 0 Å². The maximum atomic E-state index is 5.44. The van der Waals surface area contributed by atoms with Crippen LogP contribution in [0.3, 0.4) is 0 Å². The Kier molecular flexibility index (Phi) is 12.8. The zero-order valence-corrected chi connectivity index (χ0v) is 11.1. The quantitative estimate of drug-likeness (QED) is 0.508. The highest BCUT2D eigenvalue weighted by atomic mass is 16.5. The Labute approximate surface area is 100 Å². The highest BCUT2D eigenvalue weighted by Crippen LogP contribution is 1.86. The van der Waals surface area contributed by atoms with Crippen LogP contribution in [0.4, 0.5) is 0 Å². The predicted molar refractivity (Wildman–Crippen MR) is 68.0 cm³/mol. The van der Waals surface area contributed by atoms with E-state index in [1.165, 1.54) is 6.42 Å².